The van der Waals surface area contributed by atoms with E-state index in [1.54, 1.807) is 43.3 Å². The molecule has 19 heavy (non-hydrogen) atoms. The molecule has 0 spiro atoms. The van der Waals surface area contributed by atoms with Crippen molar-refractivity contribution in [1.82, 2.24) is 0 Å². The van der Waals surface area contributed by atoms with Crippen molar-refractivity contribution in [1.29, 1.82) is 0 Å². The molecular formula is C15H15F3O. The van der Waals surface area contributed by atoms with Gasteiger partial charge < -0.3 is 0 Å². The van der Waals surface area contributed by atoms with Crippen LogP contribution >= 0.6 is 0 Å². The highest BCUT2D eigenvalue weighted by molar-refractivity contribution is 5.98. The molecule has 0 amide bonds. The predicted molar refractivity (Wildman–Crippen MR) is 66.8 cm³/mol. The Morgan fingerprint density at radius 1 is 1.21 bits per heavy atom. The summed E-state index contributed by atoms with van der Waals surface area (Å²) in [6.07, 6.45) is -2.64. The van der Waals surface area contributed by atoms with Crippen LogP contribution in [0.4, 0.5) is 13.2 Å². The molecule has 1 aromatic rings. The van der Waals surface area contributed by atoms with Crippen molar-refractivity contribution in [2.45, 2.75) is 25.9 Å². The van der Waals surface area contributed by atoms with Crippen molar-refractivity contribution in [3.63, 3.8) is 0 Å². The fourth-order valence-electron chi connectivity index (χ4n) is 2.52. The minimum Gasteiger partial charge on any atom is -0.294 e. The Labute approximate surface area is 110 Å². The van der Waals surface area contributed by atoms with E-state index in [1.807, 2.05) is 0 Å². The number of halogens is 3. The van der Waals surface area contributed by atoms with Crippen LogP contribution in [0.25, 0.3) is 0 Å². The maximum atomic E-state index is 13.0. The molecule has 1 aromatic carbocycles. The van der Waals surface area contributed by atoms with E-state index in [2.05, 4.69) is 0 Å². The third-order valence-corrected chi connectivity index (χ3v) is 3.56. The van der Waals surface area contributed by atoms with Gasteiger partial charge in [0.15, 0.2) is 5.78 Å². The predicted octanol–water partition coefficient (Wildman–Crippen LogP) is 4.40. The second kappa shape index (κ2) is 5.19. The first-order chi connectivity index (χ1) is 8.89. The summed E-state index contributed by atoms with van der Waals surface area (Å²) in [7, 11) is 0. The zero-order chi connectivity index (χ0) is 14.0. The standard InChI is InChI=1S/C15H15F3O/c1-10-7-8-13(15(16,17)18)12(9-10)14(19)11-5-3-2-4-6-11/h2-7,12-13H,8-9H2,1H3/t12-,13-/m0/s1. The highest BCUT2D eigenvalue weighted by Crippen LogP contribution is 2.42. The minimum atomic E-state index is -4.33. The van der Waals surface area contributed by atoms with E-state index >= 15 is 0 Å². The van der Waals surface area contributed by atoms with Crippen LogP contribution in [0.5, 0.6) is 0 Å². The lowest BCUT2D eigenvalue weighted by Crippen LogP contribution is -2.36. The molecule has 4 heteroatoms. The first kappa shape index (κ1) is 13.8. The van der Waals surface area contributed by atoms with Crippen molar-refractivity contribution in [2.75, 3.05) is 0 Å². The van der Waals surface area contributed by atoms with Gasteiger partial charge in [-0.25, -0.2) is 0 Å². The fraction of sp³-hybridized carbons (Fsp3) is 0.400. The number of hydrogen-bond acceptors (Lipinski definition) is 1. The van der Waals surface area contributed by atoms with Crippen molar-refractivity contribution in [3.8, 4) is 0 Å². The SMILES string of the molecule is CC1=CC[C@H](C(F)(F)F)[C@@H](C(=O)c2ccccc2)C1. The summed E-state index contributed by atoms with van der Waals surface area (Å²) < 4.78 is 39.0. The van der Waals surface area contributed by atoms with Gasteiger partial charge in [-0.15, -0.1) is 0 Å². The molecule has 0 bridgehead atoms. The summed E-state index contributed by atoms with van der Waals surface area (Å²) >= 11 is 0. The van der Waals surface area contributed by atoms with Crippen molar-refractivity contribution < 1.29 is 18.0 Å². The maximum Gasteiger partial charge on any atom is 0.392 e. The molecule has 0 N–H and O–H groups in total. The van der Waals surface area contributed by atoms with E-state index in [0.717, 1.165) is 5.57 Å². The number of rotatable bonds is 2. The zero-order valence-electron chi connectivity index (χ0n) is 10.6. The molecule has 2 rings (SSSR count). The van der Waals surface area contributed by atoms with Crippen molar-refractivity contribution >= 4 is 5.78 Å². The lowest BCUT2D eigenvalue weighted by molar-refractivity contribution is -0.184. The van der Waals surface area contributed by atoms with Gasteiger partial charge in [0.05, 0.1) is 5.92 Å². The quantitative estimate of drug-likeness (QED) is 0.573. The topological polar surface area (TPSA) is 17.1 Å². The largest absolute Gasteiger partial charge is 0.392 e. The minimum absolute atomic E-state index is 0.0986. The molecular weight excluding hydrogens is 253 g/mol. The molecule has 102 valence electrons. The van der Waals surface area contributed by atoms with Gasteiger partial charge in [0.25, 0.3) is 0 Å². The summed E-state index contributed by atoms with van der Waals surface area (Å²) in [6.45, 7) is 1.78. The summed E-state index contributed by atoms with van der Waals surface area (Å²) in [6, 6.07) is 8.22. The van der Waals surface area contributed by atoms with Crippen LogP contribution in [-0.2, 0) is 0 Å². The Bertz CT molecular complexity index is 488. The highest BCUT2D eigenvalue weighted by atomic mass is 19.4. The van der Waals surface area contributed by atoms with Crippen LogP contribution in [0.3, 0.4) is 0 Å². The molecule has 0 aliphatic heterocycles. The number of allylic oxidation sites excluding steroid dienone is 2. The number of ketones is 1. The Hall–Kier alpha value is -1.58. The number of alkyl halides is 3. The molecule has 0 saturated carbocycles. The number of carbonyl (C=O) groups excluding carboxylic acids is 1. The van der Waals surface area contributed by atoms with E-state index in [4.69, 9.17) is 0 Å². The van der Waals surface area contributed by atoms with Gasteiger partial charge in [0.1, 0.15) is 0 Å². The second-order valence-corrected chi connectivity index (χ2v) is 4.98. The molecule has 0 saturated heterocycles. The molecule has 0 radical (unpaired) electrons. The Morgan fingerprint density at radius 3 is 2.42 bits per heavy atom. The lowest BCUT2D eigenvalue weighted by atomic mass is 9.75. The Morgan fingerprint density at radius 2 is 1.84 bits per heavy atom. The summed E-state index contributed by atoms with van der Waals surface area (Å²) in [5.74, 6) is -2.97. The highest BCUT2D eigenvalue weighted by Gasteiger charge is 2.47. The molecule has 0 fully saturated rings. The molecule has 0 aromatic heterocycles. The van der Waals surface area contributed by atoms with E-state index < -0.39 is 23.8 Å². The van der Waals surface area contributed by atoms with Crippen LogP contribution in [0.1, 0.15) is 30.1 Å². The number of carbonyl (C=O) groups is 1. The average molecular weight is 268 g/mol. The first-order valence-electron chi connectivity index (χ1n) is 6.21. The van der Waals surface area contributed by atoms with E-state index in [1.165, 1.54) is 0 Å². The second-order valence-electron chi connectivity index (χ2n) is 4.98. The number of hydrogen-bond donors (Lipinski definition) is 0. The van der Waals surface area contributed by atoms with Gasteiger partial charge in [-0.1, -0.05) is 42.0 Å². The maximum absolute atomic E-state index is 13.0. The van der Waals surface area contributed by atoms with E-state index in [-0.39, 0.29) is 12.8 Å². The Balaban J connectivity index is 2.30. The molecule has 1 aliphatic rings. The van der Waals surface area contributed by atoms with E-state index in [9.17, 15) is 18.0 Å². The summed E-state index contributed by atoms with van der Waals surface area (Å²) in [4.78, 5) is 12.3. The molecule has 0 heterocycles. The van der Waals surface area contributed by atoms with Gasteiger partial charge >= 0.3 is 6.18 Å². The normalized spacial score (nSPS) is 23.9. The van der Waals surface area contributed by atoms with Gasteiger partial charge in [0.2, 0.25) is 0 Å². The van der Waals surface area contributed by atoms with E-state index in [0.29, 0.717) is 5.56 Å². The van der Waals surface area contributed by atoms with Crippen LogP contribution in [0.15, 0.2) is 42.0 Å². The van der Waals surface area contributed by atoms with Crippen molar-refractivity contribution in [3.05, 3.63) is 47.5 Å². The number of Topliss-reactive ketones (excluding diaryl/α,β-unsaturated/α-hetero) is 1. The lowest BCUT2D eigenvalue weighted by Gasteiger charge is -2.31. The smallest absolute Gasteiger partial charge is 0.294 e. The van der Waals surface area contributed by atoms with Crippen LogP contribution in [0, 0.1) is 11.8 Å². The molecule has 1 aliphatic carbocycles. The van der Waals surface area contributed by atoms with Gasteiger partial charge in [0, 0.05) is 11.5 Å². The third-order valence-electron chi connectivity index (χ3n) is 3.56. The zero-order valence-corrected chi connectivity index (χ0v) is 10.6. The monoisotopic (exact) mass is 268 g/mol. The molecule has 1 nitrogen and oxygen atoms in total. The summed E-state index contributed by atoms with van der Waals surface area (Å²) in [5.41, 5.74) is 1.21. The fourth-order valence-corrected chi connectivity index (χ4v) is 2.52. The molecule has 2 atom stereocenters. The van der Waals surface area contributed by atoms with Gasteiger partial charge in [-0.2, -0.15) is 13.2 Å². The van der Waals surface area contributed by atoms with Gasteiger partial charge in [-0.3, -0.25) is 4.79 Å². The van der Waals surface area contributed by atoms with Gasteiger partial charge in [-0.05, 0) is 19.8 Å². The third kappa shape index (κ3) is 3.06. The van der Waals surface area contributed by atoms with Crippen molar-refractivity contribution in [2.24, 2.45) is 11.8 Å². The van der Waals surface area contributed by atoms with Crippen LogP contribution in [0.2, 0.25) is 0 Å². The first-order valence-corrected chi connectivity index (χ1v) is 6.21. The van der Waals surface area contributed by atoms with Crippen LogP contribution < -0.4 is 0 Å². The summed E-state index contributed by atoms with van der Waals surface area (Å²) in [5, 5.41) is 0. The average Bonchev–Trinajstić information content (AvgIpc) is 2.37. The molecule has 0 unspecified atom stereocenters. The number of benzene rings is 1. The van der Waals surface area contributed by atoms with Crippen LogP contribution in [-0.4, -0.2) is 12.0 Å². The Kier molecular flexibility index (Phi) is 3.78.